The van der Waals surface area contributed by atoms with Gasteiger partial charge in [0.25, 0.3) is 5.91 Å². The molecule has 162 valence electrons. The predicted octanol–water partition coefficient (Wildman–Crippen LogP) is 3.50. The molecule has 1 saturated carbocycles. The first kappa shape index (κ1) is 21.1. The van der Waals surface area contributed by atoms with Gasteiger partial charge in [0.1, 0.15) is 12.0 Å². The molecule has 2 aromatic rings. The average Bonchev–Trinajstić information content (AvgIpc) is 3.13. The van der Waals surface area contributed by atoms with Gasteiger partial charge >= 0.3 is 0 Å². The first-order chi connectivity index (χ1) is 14.5. The van der Waals surface area contributed by atoms with E-state index < -0.39 is 10.0 Å². The maximum Gasteiger partial charge on any atom is 0.271 e. The van der Waals surface area contributed by atoms with Crippen molar-refractivity contribution in [3.8, 4) is 5.69 Å². The first-order valence-electron chi connectivity index (χ1n) is 11.0. The lowest BCUT2D eigenvalue weighted by Crippen LogP contribution is -2.35. The fourth-order valence-corrected chi connectivity index (χ4v) is 5.83. The molecular formula is C22H30N4O3S. The SMILES string of the molecule is O=C(NC1CCCCCC1)c1cn(-c2ccc(S(=O)(=O)N3CCCCC3)cc2)cn1. The zero-order valence-corrected chi connectivity index (χ0v) is 18.1. The molecule has 1 aromatic carbocycles. The van der Waals surface area contributed by atoms with Gasteiger partial charge < -0.3 is 9.88 Å². The highest BCUT2D eigenvalue weighted by atomic mass is 32.2. The molecule has 2 fully saturated rings. The molecule has 30 heavy (non-hydrogen) atoms. The van der Waals surface area contributed by atoms with Gasteiger partial charge in [0.15, 0.2) is 0 Å². The molecule has 0 radical (unpaired) electrons. The summed E-state index contributed by atoms with van der Waals surface area (Å²) in [6, 6.07) is 7.00. The molecular weight excluding hydrogens is 400 g/mol. The summed E-state index contributed by atoms with van der Waals surface area (Å²) in [5, 5.41) is 3.11. The number of rotatable bonds is 5. The van der Waals surface area contributed by atoms with Crippen molar-refractivity contribution in [1.29, 1.82) is 0 Å². The van der Waals surface area contributed by atoms with Crippen molar-refractivity contribution in [3.05, 3.63) is 42.5 Å². The Hall–Kier alpha value is -2.19. The van der Waals surface area contributed by atoms with Crippen LogP contribution in [0.15, 0.2) is 41.7 Å². The molecule has 0 spiro atoms. The van der Waals surface area contributed by atoms with E-state index in [4.69, 9.17) is 0 Å². The van der Waals surface area contributed by atoms with Crippen LogP contribution in [0.5, 0.6) is 0 Å². The van der Waals surface area contributed by atoms with Crippen LogP contribution < -0.4 is 5.32 Å². The summed E-state index contributed by atoms with van der Waals surface area (Å²) >= 11 is 0. The van der Waals surface area contributed by atoms with Gasteiger partial charge in [0.05, 0.1) is 4.90 Å². The summed E-state index contributed by atoms with van der Waals surface area (Å²) in [6.07, 6.45) is 13.1. The Morgan fingerprint density at radius 3 is 2.23 bits per heavy atom. The van der Waals surface area contributed by atoms with E-state index in [9.17, 15) is 13.2 Å². The minimum Gasteiger partial charge on any atom is -0.348 e. The Balaban J connectivity index is 1.43. The number of nitrogens with one attached hydrogen (secondary N) is 1. The highest BCUT2D eigenvalue weighted by molar-refractivity contribution is 7.89. The van der Waals surface area contributed by atoms with Gasteiger partial charge in [0, 0.05) is 31.0 Å². The molecule has 1 aliphatic heterocycles. The maximum absolute atomic E-state index is 12.8. The minimum atomic E-state index is -3.44. The largest absolute Gasteiger partial charge is 0.348 e. The molecule has 1 saturated heterocycles. The summed E-state index contributed by atoms with van der Waals surface area (Å²) < 4.78 is 28.9. The maximum atomic E-state index is 12.8. The summed E-state index contributed by atoms with van der Waals surface area (Å²) in [5.74, 6) is -0.148. The molecule has 1 aromatic heterocycles. The highest BCUT2D eigenvalue weighted by Crippen LogP contribution is 2.22. The van der Waals surface area contributed by atoms with E-state index in [1.165, 1.54) is 12.8 Å². The molecule has 2 aliphatic rings. The second kappa shape index (κ2) is 9.31. The quantitative estimate of drug-likeness (QED) is 0.736. The first-order valence-corrected chi connectivity index (χ1v) is 12.4. The number of piperidine rings is 1. The molecule has 2 heterocycles. The molecule has 7 nitrogen and oxygen atoms in total. The van der Waals surface area contributed by atoms with E-state index in [1.807, 2.05) is 0 Å². The van der Waals surface area contributed by atoms with Gasteiger partial charge in [-0.15, -0.1) is 0 Å². The molecule has 4 rings (SSSR count). The zero-order valence-electron chi connectivity index (χ0n) is 17.3. The second-order valence-electron chi connectivity index (χ2n) is 8.29. The fraction of sp³-hybridized carbons (Fsp3) is 0.545. The molecule has 1 amide bonds. The number of aromatic nitrogens is 2. The normalized spacial score (nSPS) is 19.3. The number of amides is 1. The van der Waals surface area contributed by atoms with Crippen molar-refractivity contribution in [2.75, 3.05) is 13.1 Å². The van der Waals surface area contributed by atoms with Gasteiger partial charge in [-0.25, -0.2) is 13.4 Å². The van der Waals surface area contributed by atoms with E-state index in [1.54, 1.807) is 45.7 Å². The average molecular weight is 431 g/mol. The van der Waals surface area contributed by atoms with Crippen LogP contribution >= 0.6 is 0 Å². The third-order valence-corrected chi connectivity index (χ3v) is 8.01. The van der Waals surface area contributed by atoms with Crippen molar-refractivity contribution >= 4 is 15.9 Å². The minimum absolute atomic E-state index is 0.148. The van der Waals surface area contributed by atoms with E-state index in [0.717, 1.165) is 50.6 Å². The number of sulfonamides is 1. The van der Waals surface area contributed by atoms with Gasteiger partial charge in [-0.2, -0.15) is 4.31 Å². The topological polar surface area (TPSA) is 84.3 Å². The third-order valence-electron chi connectivity index (χ3n) is 6.09. The van der Waals surface area contributed by atoms with E-state index in [0.29, 0.717) is 23.7 Å². The molecule has 8 heteroatoms. The van der Waals surface area contributed by atoms with E-state index in [2.05, 4.69) is 10.3 Å². The summed E-state index contributed by atoms with van der Waals surface area (Å²) in [7, 11) is -3.44. The van der Waals surface area contributed by atoms with Crippen molar-refractivity contribution < 1.29 is 13.2 Å². The second-order valence-corrected chi connectivity index (χ2v) is 10.2. The molecule has 1 N–H and O–H groups in total. The summed E-state index contributed by atoms with van der Waals surface area (Å²) in [6.45, 7) is 1.18. The van der Waals surface area contributed by atoms with Crippen LogP contribution in [0, 0.1) is 0 Å². The van der Waals surface area contributed by atoms with Crippen LogP contribution in [0.25, 0.3) is 5.69 Å². The Morgan fingerprint density at radius 2 is 1.57 bits per heavy atom. The van der Waals surface area contributed by atoms with Crippen LogP contribution in [0.4, 0.5) is 0 Å². The van der Waals surface area contributed by atoms with Crippen molar-refractivity contribution in [3.63, 3.8) is 0 Å². The van der Waals surface area contributed by atoms with Crippen LogP contribution in [0.3, 0.4) is 0 Å². The number of hydrogen-bond donors (Lipinski definition) is 1. The lowest BCUT2D eigenvalue weighted by Gasteiger charge is -2.25. The molecule has 0 atom stereocenters. The number of imidazole rings is 1. The third kappa shape index (κ3) is 4.75. The van der Waals surface area contributed by atoms with Crippen LogP contribution in [0.1, 0.15) is 68.3 Å². The Morgan fingerprint density at radius 1 is 0.933 bits per heavy atom. The monoisotopic (exact) mass is 430 g/mol. The van der Waals surface area contributed by atoms with Crippen LogP contribution in [-0.4, -0.2) is 47.3 Å². The van der Waals surface area contributed by atoms with Crippen LogP contribution in [0.2, 0.25) is 0 Å². The lowest BCUT2D eigenvalue weighted by molar-refractivity contribution is 0.0928. The highest BCUT2D eigenvalue weighted by Gasteiger charge is 2.25. The standard InChI is InChI=1S/C22H30N4O3S/c27-22(24-18-8-4-1-2-5-9-18)21-16-25(17-23-21)19-10-12-20(13-11-19)30(28,29)26-14-6-3-7-15-26/h10-13,16-18H,1-9,14-15H2,(H,24,27). The Kier molecular flexibility index (Phi) is 6.53. The number of hydrogen-bond acceptors (Lipinski definition) is 4. The number of carbonyl (C=O) groups excluding carboxylic acids is 1. The number of carbonyl (C=O) groups is 1. The fourth-order valence-electron chi connectivity index (χ4n) is 4.31. The van der Waals surface area contributed by atoms with Gasteiger partial charge in [0.2, 0.25) is 10.0 Å². The molecule has 1 aliphatic carbocycles. The van der Waals surface area contributed by atoms with Crippen molar-refractivity contribution in [1.82, 2.24) is 19.2 Å². The smallest absolute Gasteiger partial charge is 0.271 e. The van der Waals surface area contributed by atoms with Gasteiger partial charge in [-0.05, 0) is 49.9 Å². The van der Waals surface area contributed by atoms with E-state index >= 15 is 0 Å². The van der Waals surface area contributed by atoms with Gasteiger partial charge in [-0.1, -0.05) is 32.1 Å². The predicted molar refractivity (Wildman–Crippen MR) is 115 cm³/mol. The van der Waals surface area contributed by atoms with Crippen molar-refractivity contribution in [2.24, 2.45) is 0 Å². The number of nitrogens with zero attached hydrogens (tertiary/aromatic N) is 3. The van der Waals surface area contributed by atoms with Gasteiger partial charge in [-0.3, -0.25) is 4.79 Å². The van der Waals surface area contributed by atoms with E-state index in [-0.39, 0.29) is 11.9 Å². The zero-order chi connectivity index (χ0) is 21.0. The number of benzene rings is 1. The summed E-state index contributed by atoms with van der Waals surface area (Å²) in [4.78, 5) is 17.1. The van der Waals surface area contributed by atoms with Crippen LogP contribution in [-0.2, 0) is 10.0 Å². The molecule has 0 bridgehead atoms. The Labute approximate surface area is 178 Å². The summed E-state index contributed by atoms with van der Waals surface area (Å²) in [5.41, 5.74) is 1.15. The van der Waals surface area contributed by atoms with Crippen molar-refractivity contribution in [2.45, 2.75) is 68.7 Å². The Bertz CT molecular complexity index is 955. The lowest BCUT2D eigenvalue weighted by atomic mass is 10.1. The molecule has 0 unspecified atom stereocenters.